The van der Waals surface area contributed by atoms with Crippen molar-refractivity contribution in [3.8, 4) is 17.5 Å². The minimum absolute atomic E-state index is 0.0507. The zero-order valence-electron chi connectivity index (χ0n) is 8.91. The van der Waals surface area contributed by atoms with Crippen molar-refractivity contribution in [1.29, 1.82) is 5.26 Å². The van der Waals surface area contributed by atoms with E-state index in [1.165, 1.54) is 18.3 Å². The summed E-state index contributed by atoms with van der Waals surface area (Å²) < 4.78 is 27.1. The number of hydrogen-bond donors (Lipinski definition) is 0. The van der Waals surface area contributed by atoms with E-state index in [1.807, 2.05) is 0 Å². The van der Waals surface area contributed by atoms with Crippen LogP contribution in [0.3, 0.4) is 0 Å². The van der Waals surface area contributed by atoms with Crippen LogP contribution in [0.4, 0.5) is 8.78 Å². The Balaban J connectivity index is 2.62. The van der Waals surface area contributed by atoms with Crippen LogP contribution in [0.2, 0.25) is 0 Å². The number of halogens is 2. The highest BCUT2D eigenvalue weighted by atomic mass is 19.2. The summed E-state index contributed by atoms with van der Waals surface area (Å²) in [5.41, 5.74) is 0.267. The topological polar surface area (TPSA) is 49.6 Å². The van der Waals surface area contributed by atoms with Gasteiger partial charge in [0.25, 0.3) is 0 Å². The molecule has 0 saturated heterocycles. The van der Waals surface area contributed by atoms with Crippen molar-refractivity contribution in [2.75, 3.05) is 0 Å². The number of rotatable bonds is 1. The first-order valence-corrected chi connectivity index (χ1v) is 4.81. The van der Waals surface area contributed by atoms with Gasteiger partial charge in [-0.25, -0.2) is 18.7 Å². The average molecular weight is 231 g/mol. The fourth-order valence-electron chi connectivity index (χ4n) is 1.39. The molecule has 0 aliphatic heterocycles. The number of benzene rings is 1. The highest BCUT2D eigenvalue weighted by molar-refractivity contribution is 5.58. The second-order valence-corrected chi connectivity index (χ2v) is 3.42. The molecule has 0 atom stereocenters. The number of hydrogen-bond acceptors (Lipinski definition) is 3. The van der Waals surface area contributed by atoms with Gasteiger partial charge in [0.2, 0.25) is 0 Å². The molecule has 0 fully saturated rings. The van der Waals surface area contributed by atoms with Gasteiger partial charge in [-0.05, 0) is 25.1 Å². The van der Waals surface area contributed by atoms with Gasteiger partial charge in [-0.1, -0.05) is 0 Å². The Kier molecular flexibility index (Phi) is 2.79. The summed E-state index contributed by atoms with van der Waals surface area (Å²) >= 11 is 0. The Morgan fingerprint density at radius 2 is 1.94 bits per heavy atom. The van der Waals surface area contributed by atoms with Crippen LogP contribution in [0, 0.1) is 29.9 Å². The Labute approximate surface area is 96.4 Å². The fourth-order valence-corrected chi connectivity index (χ4v) is 1.39. The van der Waals surface area contributed by atoms with Crippen LogP contribution in [0.15, 0.2) is 24.4 Å². The molecule has 5 heteroatoms. The van der Waals surface area contributed by atoms with Gasteiger partial charge in [0, 0.05) is 11.9 Å². The molecule has 0 N–H and O–H groups in total. The molecule has 84 valence electrons. The van der Waals surface area contributed by atoms with Crippen molar-refractivity contribution >= 4 is 0 Å². The molecular weight excluding hydrogens is 224 g/mol. The van der Waals surface area contributed by atoms with Gasteiger partial charge in [0.1, 0.15) is 6.07 Å². The highest BCUT2D eigenvalue weighted by Crippen LogP contribution is 2.23. The maximum Gasteiger partial charge on any atom is 0.177 e. The summed E-state index contributed by atoms with van der Waals surface area (Å²) in [7, 11) is 0. The van der Waals surface area contributed by atoms with Crippen LogP contribution in [0.5, 0.6) is 0 Å². The first-order valence-electron chi connectivity index (χ1n) is 4.81. The summed E-state index contributed by atoms with van der Waals surface area (Å²) in [4.78, 5) is 7.87. The van der Waals surface area contributed by atoms with E-state index >= 15 is 0 Å². The van der Waals surface area contributed by atoms with E-state index in [-0.39, 0.29) is 17.0 Å². The van der Waals surface area contributed by atoms with Crippen molar-refractivity contribution in [2.45, 2.75) is 6.92 Å². The van der Waals surface area contributed by atoms with E-state index in [4.69, 9.17) is 5.26 Å². The largest absolute Gasteiger partial charge is 0.236 e. The summed E-state index contributed by atoms with van der Waals surface area (Å²) in [5.74, 6) is -2.17. The van der Waals surface area contributed by atoms with E-state index in [2.05, 4.69) is 9.97 Å². The molecular formula is C12H7F2N3. The zero-order valence-corrected chi connectivity index (χ0v) is 8.91. The lowest BCUT2D eigenvalue weighted by atomic mass is 10.1. The van der Waals surface area contributed by atoms with E-state index in [0.29, 0.717) is 5.69 Å². The number of aryl methyl sites for hydroxylation is 1. The molecule has 0 aliphatic rings. The molecule has 0 amide bonds. The minimum atomic E-state index is -1.17. The van der Waals surface area contributed by atoms with Crippen LogP contribution in [0.1, 0.15) is 11.3 Å². The Bertz CT molecular complexity index is 618. The molecule has 2 rings (SSSR count). The van der Waals surface area contributed by atoms with Crippen LogP contribution < -0.4 is 0 Å². The Hall–Kier alpha value is -2.35. The zero-order chi connectivity index (χ0) is 12.4. The standard InChI is InChI=1S/C12H7F2N3/c1-7-4-5-16-12(17-7)9-3-2-8(6-15)10(13)11(9)14/h2-5H,1H3. The first-order chi connectivity index (χ1) is 8.13. The quantitative estimate of drug-likeness (QED) is 0.757. The van der Waals surface area contributed by atoms with Crippen molar-refractivity contribution in [1.82, 2.24) is 9.97 Å². The maximum absolute atomic E-state index is 13.7. The Morgan fingerprint density at radius 1 is 1.18 bits per heavy atom. The monoisotopic (exact) mass is 231 g/mol. The molecule has 0 bridgehead atoms. The van der Waals surface area contributed by atoms with Gasteiger partial charge in [-0.15, -0.1) is 0 Å². The molecule has 0 aliphatic carbocycles. The van der Waals surface area contributed by atoms with Crippen molar-refractivity contribution < 1.29 is 8.78 Å². The molecule has 2 aromatic rings. The van der Waals surface area contributed by atoms with E-state index in [9.17, 15) is 8.78 Å². The molecule has 1 aromatic carbocycles. The third-order valence-corrected chi connectivity index (χ3v) is 2.24. The normalized spacial score (nSPS) is 10.0. The van der Waals surface area contributed by atoms with Crippen molar-refractivity contribution in [3.63, 3.8) is 0 Å². The summed E-state index contributed by atoms with van der Waals surface area (Å²) in [6.07, 6.45) is 1.47. The molecule has 3 nitrogen and oxygen atoms in total. The molecule has 0 radical (unpaired) electrons. The van der Waals surface area contributed by atoms with E-state index < -0.39 is 11.6 Å². The molecule has 0 unspecified atom stereocenters. The van der Waals surface area contributed by atoms with Gasteiger partial charge in [-0.3, -0.25) is 0 Å². The van der Waals surface area contributed by atoms with Gasteiger partial charge < -0.3 is 0 Å². The predicted octanol–water partition coefficient (Wildman–Crippen LogP) is 2.60. The lowest BCUT2D eigenvalue weighted by molar-refractivity contribution is 0.508. The summed E-state index contributed by atoms with van der Waals surface area (Å²) in [6.45, 7) is 1.73. The van der Waals surface area contributed by atoms with Crippen LogP contribution >= 0.6 is 0 Å². The molecule has 17 heavy (non-hydrogen) atoms. The van der Waals surface area contributed by atoms with Gasteiger partial charge in [-0.2, -0.15) is 5.26 Å². The molecule has 0 spiro atoms. The lowest BCUT2D eigenvalue weighted by Gasteiger charge is -2.04. The van der Waals surface area contributed by atoms with Gasteiger partial charge >= 0.3 is 0 Å². The van der Waals surface area contributed by atoms with Gasteiger partial charge in [0.05, 0.1) is 11.1 Å². The summed E-state index contributed by atoms with van der Waals surface area (Å²) in [5, 5.41) is 8.56. The SMILES string of the molecule is Cc1ccnc(-c2ccc(C#N)c(F)c2F)n1. The first kappa shape index (κ1) is 11.1. The predicted molar refractivity (Wildman–Crippen MR) is 56.8 cm³/mol. The van der Waals surface area contributed by atoms with Crippen LogP contribution in [-0.2, 0) is 0 Å². The third kappa shape index (κ3) is 1.97. The molecule has 1 heterocycles. The number of nitrogens with zero attached hydrogens (tertiary/aromatic N) is 3. The smallest absolute Gasteiger partial charge is 0.177 e. The average Bonchev–Trinajstić information content (AvgIpc) is 2.32. The van der Waals surface area contributed by atoms with Gasteiger partial charge in [0.15, 0.2) is 17.5 Å². The van der Waals surface area contributed by atoms with Crippen LogP contribution in [0.25, 0.3) is 11.4 Å². The maximum atomic E-state index is 13.7. The third-order valence-electron chi connectivity index (χ3n) is 2.24. The highest BCUT2D eigenvalue weighted by Gasteiger charge is 2.16. The minimum Gasteiger partial charge on any atom is -0.236 e. The van der Waals surface area contributed by atoms with Crippen LogP contribution in [-0.4, -0.2) is 9.97 Å². The second kappa shape index (κ2) is 4.26. The van der Waals surface area contributed by atoms with E-state index in [0.717, 1.165) is 0 Å². The van der Waals surface area contributed by atoms with E-state index in [1.54, 1.807) is 19.1 Å². The number of aromatic nitrogens is 2. The summed E-state index contributed by atoms with van der Waals surface area (Å²) in [6, 6.07) is 5.73. The lowest BCUT2D eigenvalue weighted by Crippen LogP contribution is -1.98. The second-order valence-electron chi connectivity index (χ2n) is 3.42. The molecule has 1 aromatic heterocycles. The molecule has 0 saturated carbocycles. The van der Waals surface area contributed by atoms with Crippen molar-refractivity contribution in [2.24, 2.45) is 0 Å². The van der Waals surface area contributed by atoms with Crippen molar-refractivity contribution in [3.05, 3.63) is 47.3 Å². The fraction of sp³-hybridized carbons (Fsp3) is 0.0833. The number of nitriles is 1. The Morgan fingerprint density at radius 3 is 2.59 bits per heavy atom.